The monoisotopic (exact) mass is 278 g/mol. The number of aliphatic carboxylic acids is 1. The van der Waals surface area contributed by atoms with Crippen LogP contribution in [0.3, 0.4) is 0 Å². The quantitative estimate of drug-likeness (QED) is 0.450. The van der Waals surface area contributed by atoms with Gasteiger partial charge >= 0.3 is 5.97 Å². The third kappa shape index (κ3) is 4.28. The summed E-state index contributed by atoms with van der Waals surface area (Å²) in [6, 6.07) is 5.30. The number of hydrogen-bond acceptors (Lipinski definition) is 4. The third-order valence-electron chi connectivity index (χ3n) is 2.97. The summed E-state index contributed by atoms with van der Waals surface area (Å²) in [7, 11) is 1.54. The van der Waals surface area contributed by atoms with Crippen molar-refractivity contribution in [3.63, 3.8) is 0 Å². The summed E-state index contributed by atoms with van der Waals surface area (Å²) in [4.78, 5) is 10.6. The molecule has 1 aliphatic carbocycles. The molecule has 0 spiro atoms. The Morgan fingerprint density at radius 1 is 1.45 bits per heavy atom. The topological polar surface area (TPSA) is 65.0 Å². The van der Waals surface area contributed by atoms with Gasteiger partial charge < -0.3 is 19.3 Å². The van der Waals surface area contributed by atoms with Crippen LogP contribution < -0.4 is 9.47 Å². The van der Waals surface area contributed by atoms with Crippen molar-refractivity contribution in [3.8, 4) is 11.5 Å². The number of benzene rings is 1. The van der Waals surface area contributed by atoms with Gasteiger partial charge in [-0.15, -0.1) is 0 Å². The van der Waals surface area contributed by atoms with Gasteiger partial charge in [0.25, 0.3) is 0 Å². The van der Waals surface area contributed by atoms with E-state index in [1.54, 1.807) is 18.2 Å². The number of carboxylic acid groups (broad SMARTS) is 1. The van der Waals surface area contributed by atoms with E-state index in [0.717, 1.165) is 6.08 Å². The van der Waals surface area contributed by atoms with Gasteiger partial charge in [0, 0.05) is 11.6 Å². The maximum atomic E-state index is 10.6. The Hall–Kier alpha value is -2.01. The van der Waals surface area contributed by atoms with Crippen molar-refractivity contribution in [3.05, 3.63) is 29.8 Å². The van der Waals surface area contributed by atoms with Crippen LogP contribution in [0.5, 0.6) is 11.5 Å². The summed E-state index contributed by atoms with van der Waals surface area (Å²) >= 11 is 0. The molecule has 0 atom stereocenters. The van der Waals surface area contributed by atoms with Crippen LogP contribution in [0, 0.1) is 5.92 Å². The molecule has 0 bridgehead atoms. The lowest BCUT2D eigenvalue weighted by Gasteiger charge is -2.13. The second kappa shape index (κ2) is 6.96. The van der Waals surface area contributed by atoms with Gasteiger partial charge in [-0.25, -0.2) is 4.79 Å². The van der Waals surface area contributed by atoms with E-state index in [-0.39, 0.29) is 6.79 Å². The van der Waals surface area contributed by atoms with Crippen molar-refractivity contribution in [2.75, 3.05) is 20.5 Å². The highest BCUT2D eigenvalue weighted by molar-refractivity contribution is 5.86. The Bertz CT molecular complexity index is 491. The predicted octanol–water partition coefficient (Wildman–Crippen LogP) is 2.56. The molecule has 5 heteroatoms. The molecule has 1 fully saturated rings. The first-order valence-corrected chi connectivity index (χ1v) is 6.49. The zero-order chi connectivity index (χ0) is 14.4. The average molecular weight is 278 g/mol. The molecule has 0 heterocycles. The molecule has 108 valence electrons. The summed E-state index contributed by atoms with van der Waals surface area (Å²) in [5.74, 6) is 0.697. The number of rotatable bonds is 8. The largest absolute Gasteiger partial charge is 0.493 e. The number of carboxylic acids is 1. The lowest BCUT2D eigenvalue weighted by atomic mass is 10.1. The summed E-state index contributed by atoms with van der Waals surface area (Å²) in [6.45, 7) is 0.834. The van der Waals surface area contributed by atoms with Crippen LogP contribution in [0.15, 0.2) is 24.3 Å². The molecule has 0 unspecified atom stereocenters. The van der Waals surface area contributed by atoms with Gasteiger partial charge in [-0.3, -0.25) is 0 Å². The number of carbonyl (C=O) groups is 1. The maximum Gasteiger partial charge on any atom is 0.328 e. The first-order chi connectivity index (χ1) is 9.70. The van der Waals surface area contributed by atoms with E-state index < -0.39 is 5.97 Å². The Balaban J connectivity index is 2.03. The summed E-state index contributed by atoms with van der Waals surface area (Å²) < 4.78 is 16.2. The van der Waals surface area contributed by atoms with E-state index in [9.17, 15) is 4.79 Å². The molecule has 1 aliphatic rings. The zero-order valence-electron chi connectivity index (χ0n) is 11.4. The molecule has 0 radical (unpaired) electrons. The molecule has 1 saturated carbocycles. The Labute approximate surface area is 117 Å². The molecular weight excluding hydrogens is 260 g/mol. The van der Waals surface area contributed by atoms with E-state index in [4.69, 9.17) is 19.3 Å². The van der Waals surface area contributed by atoms with Crippen molar-refractivity contribution < 1.29 is 24.1 Å². The predicted molar refractivity (Wildman–Crippen MR) is 73.8 cm³/mol. The van der Waals surface area contributed by atoms with Crippen LogP contribution >= 0.6 is 0 Å². The molecule has 0 aliphatic heterocycles. The first kappa shape index (κ1) is 14.4. The van der Waals surface area contributed by atoms with Gasteiger partial charge in [0.15, 0.2) is 18.3 Å². The summed E-state index contributed by atoms with van der Waals surface area (Å²) in [5, 5.41) is 8.69. The average Bonchev–Trinajstić information content (AvgIpc) is 3.25. The van der Waals surface area contributed by atoms with Crippen LogP contribution in [0.25, 0.3) is 6.08 Å². The maximum absolute atomic E-state index is 10.6. The highest BCUT2D eigenvalue weighted by atomic mass is 16.7. The van der Waals surface area contributed by atoms with Gasteiger partial charge in [-0.05, 0) is 30.9 Å². The summed E-state index contributed by atoms with van der Waals surface area (Å²) in [6.07, 6.45) is 4.98. The van der Waals surface area contributed by atoms with E-state index in [0.29, 0.717) is 29.6 Å². The smallest absolute Gasteiger partial charge is 0.328 e. The number of para-hydroxylation sites is 1. The second-order valence-electron chi connectivity index (χ2n) is 4.63. The minimum atomic E-state index is -1.01. The fraction of sp³-hybridized carbons (Fsp3) is 0.400. The van der Waals surface area contributed by atoms with Crippen molar-refractivity contribution in [1.29, 1.82) is 0 Å². The van der Waals surface area contributed by atoms with Crippen molar-refractivity contribution in [2.45, 2.75) is 12.8 Å². The number of hydrogen-bond donors (Lipinski definition) is 1. The minimum Gasteiger partial charge on any atom is -0.493 e. The highest BCUT2D eigenvalue weighted by Crippen LogP contribution is 2.32. The van der Waals surface area contributed by atoms with Crippen molar-refractivity contribution in [1.82, 2.24) is 0 Å². The molecule has 0 saturated heterocycles. The lowest BCUT2D eigenvalue weighted by Crippen LogP contribution is -2.07. The number of ether oxygens (including phenoxy) is 3. The fourth-order valence-electron chi connectivity index (χ4n) is 1.74. The summed E-state index contributed by atoms with van der Waals surface area (Å²) in [5.41, 5.74) is 0.641. The van der Waals surface area contributed by atoms with Gasteiger partial charge in [-0.2, -0.15) is 0 Å². The third-order valence-corrected chi connectivity index (χ3v) is 2.97. The Kier molecular flexibility index (Phi) is 5.01. The van der Waals surface area contributed by atoms with Crippen LogP contribution in [0.1, 0.15) is 18.4 Å². The molecule has 1 aromatic carbocycles. The molecule has 5 nitrogen and oxygen atoms in total. The molecule has 0 amide bonds. The lowest BCUT2D eigenvalue weighted by molar-refractivity contribution is -0.131. The van der Waals surface area contributed by atoms with Crippen molar-refractivity contribution >= 4 is 12.0 Å². The highest BCUT2D eigenvalue weighted by Gasteiger charge is 2.21. The van der Waals surface area contributed by atoms with Gasteiger partial charge in [-0.1, -0.05) is 12.1 Å². The zero-order valence-corrected chi connectivity index (χ0v) is 11.4. The van der Waals surface area contributed by atoms with Crippen LogP contribution in [-0.2, 0) is 9.53 Å². The van der Waals surface area contributed by atoms with Crippen LogP contribution in [0.2, 0.25) is 0 Å². The Morgan fingerprint density at radius 3 is 2.90 bits per heavy atom. The second-order valence-corrected chi connectivity index (χ2v) is 4.63. The number of methoxy groups -OCH3 is 1. The van der Waals surface area contributed by atoms with E-state index in [2.05, 4.69) is 0 Å². The van der Waals surface area contributed by atoms with E-state index >= 15 is 0 Å². The molecule has 20 heavy (non-hydrogen) atoms. The van der Waals surface area contributed by atoms with Crippen LogP contribution in [0.4, 0.5) is 0 Å². The molecule has 2 rings (SSSR count). The SMILES string of the molecule is COc1cccc(/C=C/C(=O)O)c1OCOCC1CC1. The normalized spacial score (nSPS) is 14.4. The van der Waals surface area contributed by atoms with Gasteiger partial charge in [0.2, 0.25) is 0 Å². The van der Waals surface area contributed by atoms with E-state index in [1.165, 1.54) is 26.0 Å². The first-order valence-electron chi connectivity index (χ1n) is 6.49. The van der Waals surface area contributed by atoms with Gasteiger partial charge in [0.05, 0.1) is 13.7 Å². The van der Waals surface area contributed by atoms with Crippen LogP contribution in [-0.4, -0.2) is 31.6 Å². The van der Waals surface area contributed by atoms with Crippen molar-refractivity contribution in [2.24, 2.45) is 5.92 Å². The minimum absolute atomic E-state index is 0.130. The standard InChI is InChI=1S/C15H18O5/c1-18-13-4-2-3-12(7-8-14(16)17)15(13)20-10-19-9-11-5-6-11/h2-4,7-8,11H,5-6,9-10H2,1H3,(H,16,17)/b8-7+. The molecule has 1 aromatic rings. The van der Waals surface area contributed by atoms with Gasteiger partial charge in [0.1, 0.15) is 0 Å². The Morgan fingerprint density at radius 2 is 2.25 bits per heavy atom. The fourth-order valence-corrected chi connectivity index (χ4v) is 1.74. The molecule has 0 aromatic heterocycles. The molecule has 1 N–H and O–H groups in total. The van der Waals surface area contributed by atoms with E-state index in [1.807, 2.05) is 0 Å². The molecular formula is C15H18O5.